The number of rotatable bonds is 3. The largest absolute Gasteiger partial charge is 0.332 e. The third-order valence-electron chi connectivity index (χ3n) is 3.53. The highest BCUT2D eigenvalue weighted by atomic mass is 32.1. The average Bonchev–Trinajstić information content (AvgIpc) is 2.48. The Kier molecular flexibility index (Phi) is 5.25. The van der Waals surface area contributed by atoms with E-state index in [0.29, 0.717) is 11.3 Å². The van der Waals surface area contributed by atoms with E-state index in [1.807, 2.05) is 26.0 Å². The zero-order valence-electron chi connectivity index (χ0n) is 13.5. The summed E-state index contributed by atoms with van der Waals surface area (Å²) < 4.78 is 0. The SMILES string of the molecule is Cc1ccc(C(=O)NC(=S)Nc2cc([N+](=O)[O-])ccc2C)c(C)c1. The van der Waals surface area contributed by atoms with E-state index in [-0.39, 0.29) is 16.7 Å². The topological polar surface area (TPSA) is 84.3 Å². The smallest absolute Gasteiger partial charge is 0.271 e. The fraction of sp³-hybridized carbons (Fsp3) is 0.176. The van der Waals surface area contributed by atoms with Gasteiger partial charge >= 0.3 is 0 Å². The molecular weight excluding hydrogens is 326 g/mol. The Balaban J connectivity index is 2.12. The molecule has 2 rings (SSSR count). The molecule has 6 nitrogen and oxygen atoms in total. The van der Waals surface area contributed by atoms with E-state index in [1.165, 1.54) is 12.1 Å². The molecule has 0 spiro atoms. The van der Waals surface area contributed by atoms with Crippen molar-refractivity contribution in [3.8, 4) is 0 Å². The molecule has 0 aromatic heterocycles. The summed E-state index contributed by atoms with van der Waals surface area (Å²) in [6.45, 7) is 5.59. The van der Waals surface area contributed by atoms with Gasteiger partial charge in [0, 0.05) is 23.4 Å². The van der Waals surface area contributed by atoms with Gasteiger partial charge in [-0.25, -0.2) is 0 Å². The minimum atomic E-state index is -0.484. The Hall–Kier alpha value is -2.80. The van der Waals surface area contributed by atoms with Crippen LogP contribution in [0.3, 0.4) is 0 Å². The number of nitro benzene ring substituents is 1. The van der Waals surface area contributed by atoms with Crippen molar-refractivity contribution in [3.05, 3.63) is 68.8 Å². The van der Waals surface area contributed by atoms with Gasteiger partial charge in [-0.1, -0.05) is 23.8 Å². The van der Waals surface area contributed by atoms with Crippen LogP contribution in [-0.2, 0) is 0 Å². The molecular formula is C17H17N3O3S. The van der Waals surface area contributed by atoms with Crippen LogP contribution in [0.4, 0.5) is 11.4 Å². The van der Waals surface area contributed by atoms with Gasteiger partial charge in [0.25, 0.3) is 11.6 Å². The van der Waals surface area contributed by atoms with Gasteiger partial charge < -0.3 is 5.32 Å². The second kappa shape index (κ2) is 7.18. The maximum atomic E-state index is 12.3. The summed E-state index contributed by atoms with van der Waals surface area (Å²) in [7, 11) is 0. The zero-order valence-corrected chi connectivity index (χ0v) is 14.4. The van der Waals surface area contributed by atoms with Crippen LogP contribution in [0.2, 0.25) is 0 Å². The minimum Gasteiger partial charge on any atom is -0.332 e. The molecule has 2 aromatic rings. The molecule has 2 aromatic carbocycles. The van der Waals surface area contributed by atoms with Crippen molar-refractivity contribution in [2.75, 3.05) is 5.32 Å². The van der Waals surface area contributed by atoms with Crippen molar-refractivity contribution in [3.63, 3.8) is 0 Å². The lowest BCUT2D eigenvalue weighted by atomic mass is 10.1. The number of nitrogens with one attached hydrogen (secondary N) is 2. The number of amides is 1. The first kappa shape index (κ1) is 17.6. The number of carbonyl (C=O) groups excluding carboxylic acids is 1. The Morgan fingerprint density at radius 1 is 1.08 bits per heavy atom. The summed E-state index contributed by atoms with van der Waals surface area (Å²) in [5.74, 6) is -0.326. The van der Waals surface area contributed by atoms with Gasteiger partial charge in [-0.2, -0.15) is 0 Å². The molecule has 0 heterocycles. The van der Waals surface area contributed by atoms with E-state index >= 15 is 0 Å². The summed E-state index contributed by atoms with van der Waals surface area (Å²) >= 11 is 5.14. The minimum absolute atomic E-state index is 0.0494. The van der Waals surface area contributed by atoms with Gasteiger partial charge in [0.2, 0.25) is 0 Å². The average molecular weight is 343 g/mol. The van der Waals surface area contributed by atoms with Crippen LogP contribution in [0.15, 0.2) is 36.4 Å². The highest BCUT2D eigenvalue weighted by Gasteiger charge is 2.13. The number of aryl methyl sites for hydroxylation is 3. The van der Waals surface area contributed by atoms with Crippen molar-refractivity contribution >= 4 is 34.6 Å². The van der Waals surface area contributed by atoms with E-state index in [4.69, 9.17) is 12.2 Å². The predicted octanol–water partition coefficient (Wildman–Crippen LogP) is 3.65. The van der Waals surface area contributed by atoms with Crippen LogP contribution in [0.1, 0.15) is 27.0 Å². The van der Waals surface area contributed by atoms with Crippen LogP contribution in [-0.4, -0.2) is 15.9 Å². The van der Waals surface area contributed by atoms with E-state index < -0.39 is 4.92 Å². The van der Waals surface area contributed by atoms with Crippen LogP contribution < -0.4 is 10.6 Å². The van der Waals surface area contributed by atoms with Gasteiger partial charge in [0.1, 0.15) is 0 Å². The van der Waals surface area contributed by atoms with Crippen molar-refractivity contribution in [1.82, 2.24) is 5.32 Å². The van der Waals surface area contributed by atoms with Crippen molar-refractivity contribution in [2.24, 2.45) is 0 Å². The molecule has 2 N–H and O–H groups in total. The first-order valence-corrected chi connectivity index (χ1v) is 7.63. The summed E-state index contributed by atoms with van der Waals surface area (Å²) in [4.78, 5) is 22.7. The van der Waals surface area contributed by atoms with Crippen LogP contribution in [0.25, 0.3) is 0 Å². The molecule has 0 saturated carbocycles. The number of hydrogen-bond acceptors (Lipinski definition) is 4. The maximum absolute atomic E-state index is 12.3. The Morgan fingerprint density at radius 2 is 1.79 bits per heavy atom. The number of benzene rings is 2. The number of non-ortho nitro benzene ring substituents is 1. The second-order valence-electron chi connectivity index (χ2n) is 5.48. The monoisotopic (exact) mass is 343 g/mol. The van der Waals surface area contributed by atoms with E-state index in [9.17, 15) is 14.9 Å². The molecule has 0 radical (unpaired) electrons. The third-order valence-corrected chi connectivity index (χ3v) is 3.74. The Morgan fingerprint density at radius 3 is 2.42 bits per heavy atom. The molecule has 0 unspecified atom stereocenters. The number of hydrogen-bond donors (Lipinski definition) is 2. The first-order chi connectivity index (χ1) is 11.3. The van der Waals surface area contributed by atoms with Crippen molar-refractivity contribution in [1.29, 1.82) is 0 Å². The van der Waals surface area contributed by atoms with E-state index in [2.05, 4.69) is 10.6 Å². The lowest BCUT2D eigenvalue weighted by Crippen LogP contribution is -2.34. The lowest BCUT2D eigenvalue weighted by Gasteiger charge is -2.12. The predicted molar refractivity (Wildman–Crippen MR) is 97.4 cm³/mol. The highest BCUT2D eigenvalue weighted by molar-refractivity contribution is 7.80. The fourth-order valence-corrected chi connectivity index (χ4v) is 2.45. The van der Waals surface area contributed by atoms with Gasteiger partial charge in [-0.05, 0) is 50.2 Å². The number of thiocarbonyl (C=S) groups is 1. The maximum Gasteiger partial charge on any atom is 0.271 e. The second-order valence-corrected chi connectivity index (χ2v) is 5.89. The molecule has 0 aliphatic carbocycles. The van der Waals surface area contributed by atoms with E-state index in [0.717, 1.165) is 16.7 Å². The Bertz CT molecular complexity index is 834. The van der Waals surface area contributed by atoms with Crippen LogP contribution in [0, 0.1) is 30.9 Å². The summed E-state index contributed by atoms with van der Waals surface area (Å²) in [6, 6.07) is 9.91. The fourth-order valence-electron chi connectivity index (χ4n) is 2.25. The molecule has 0 fully saturated rings. The molecule has 0 atom stereocenters. The molecule has 0 bridgehead atoms. The highest BCUT2D eigenvalue weighted by Crippen LogP contribution is 2.21. The zero-order chi connectivity index (χ0) is 17.9. The number of carbonyl (C=O) groups is 1. The number of nitro groups is 1. The van der Waals surface area contributed by atoms with Gasteiger partial charge in [-0.15, -0.1) is 0 Å². The molecule has 0 aliphatic heterocycles. The molecule has 1 amide bonds. The molecule has 0 aliphatic rings. The quantitative estimate of drug-likeness (QED) is 0.505. The van der Waals surface area contributed by atoms with E-state index in [1.54, 1.807) is 19.1 Å². The first-order valence-electron chi connectivity index (χ1n) is 7.22. The molecule has 0 saturated heterocycles. The van der Waals surface area contributed by atoms with Crippen molar-refractivity contribution in [2.45, 2.75) is 20.8 Å². The van der Waals surface area contributed by atoms with Crippen LogP contribution in [0.5, 0.6) is 0 Å². The standard InChI is InChI=1S/C17H17N3O3S/c1-10-4-7-14(12(3)8-10)16(21)19-17(24)18-15-9-13(20(22)23)6-5-11(15)2/h4-9H,1-3H3,(H2,18,19,21,24). The third kappa shape index (κ3) is 4.14. The molecule has 24 heavy (non-hydrogen) atoms. The number of anilines is 1. The van der Waals surface area contributed by atoms with Gasteiger partial charge in [0.15, 0.2) is 5.11 Å². The number of nitrogens with zero attached hydrogens (tertiary/aromatic N) is 1. The normalized spacial score (nSPS) is 10.1. The summed E-state index contributed by atoms with van der Waals surface area (Å²) in [5.41, 5.74) is 3.66. The Labute approximate surface area is 145 Å². The van der Waals surface area contributed by atoms with Crippen LogP contribution >= 0.6 is 12.2 Å². The van der Waals surface area contributed by atoms with Gasteiger partial charge in [-0.3, -0.25) is 20.2 Å². The summed E-state index contributed by atoms with van der Waals surface area (Å²) in [6.07, 6.45) is 0. The molecule has 124 valence electrons. The van der Waals surface area contributed by atoms with Crippen molar-refractivity contribution < 1.29 is 9.72 Å². The van der Waals surface area contributed by atoms with Gasteiger partial charge in [0.05, 0.1) is 4.92 Å². The summed E-state index contributed by atoms with van der Waals surface area (Å²) in [5, 5.41) is 16.4. The lowest BCUT2D eigenvalue weighted by molar-refractivity contribution is -0.384. The molecule has 7 heteroatoms.